The molecule has 5 nitrogen and oxygen atoms in total. The normalized spacial score (nSPS) is 17.2. The van der Waals surface area contributed by atoms with Gasteiger partial charge in [0.1, 0.15) is 5.82 Å². The lowest BCUT2D eigenvalue weighted by Crippen LogP contribution is -2.46. The van der Waals surface area contributed by atoms with E-state index in [4.69, 9.17) is 0 Å². The summed E-state index contributed by atoms with van der Waals surface area (Å²) < 4.78 is 0. The number of nitrogens with zero attached hydrogens (tertiary/aromatic N) is 4. The first-order chi connectivity index (χ1) is 8.22. The second-order valence-corrected chi connectivity index (χ2v) is 4.36. The zero-order valence-electron chi connectivity index (χ0n) is 10.9. The fourth-order valence-electron chi connectivity index (χ4n) is 2.12. The first-order valence-electron chi connectivity index (χ1n) is 6.23. The molecule has 1 aromatic rings. The van der Waals surface area contributed by atoms with Crippen LogP contribution in [-0.4, -0.2) is 54.6 Å². The summed E-state index contributed by atoms with van der Waals surface area (Å²) in [5.74, 6) is 1.75. The fraction of sp³-hybridized carbons (Fsp3) is 0.667. The van der Waals surface area contributed by atoms with Crippen molar-refractivity contribution in [1.29, 1.82) is 0 Å². The van der Waals surface area contributed by atoms with Gasteiger partial charge in [-0.15, -0.1) is 0 Å². The topological polar surface area (TPSA) is 44.3 Å². The standard InChI is InChI=1S/C12H21N5/c1-4-16-5-7-17(8-6-16)11-9-10(2)14-12(13-3)15-11/h9H,4-8H2,1-3H3,(H,13,14,15). The van der Waals surface area contributed by atoms with Crippen molar-refractivity contribution in [2.45, 2.75) is 13.8 Å². The second-order valence-electron chi connectivity index (χ2n) is 4.36. The zero-order chi connectivity index (χ0) is 12.3. The Morgan fingerprint density at radius 2 is 1.94 bits per heavy atom. The molecule has 1 N–H and O–H groups in total. The lowest BCUT2D eigenvalue weighted by Gasteiger charge is -2.34. The van der Waals surface area contributed by atoms with Crippen LogP contribution in [0.1, 0.15) is 12.6 Å². The van der Waals surface area contributed by atoms with E-state index >= 15 is 0 Å². The maximum absolute atomic E-state index is 4.51. The van der Waals surface area contributed by atoms with Gasteiger partial charge in [0.2, 0.25) is 5.95 Å². The molecule has 0 aromatic carbocycles. The third-order valence-corrected chi connectivity index (χ3v) is 3.21. The average molecular weight is 235 g/mol. The van der Waals surface area contributed by atoms with Gasteiger partial charge in [0.05, 0.1) is 0 Å². The number of hydrogen-bond acceptors (Lipinski definition) is 5. The van der Waals surface area contributed by atoms with Crippen LogP contribution < -0.4 is 10.2 Å². The molecule has 0 spiro atoms. The van der Waals surface area contributed by atoms with E-state index in [1.54, 1.807) is 0 Å². The van der Waals surface area contributed by atoms with Gasteiger partial charge in [-0.1, -0.05) is 6.92 Å². The van der Waals surface area contributed by atoms with Gasteiger partial charge >= 0.3 is 0 Å². The van der Waals surface area contributed by atoms with Gasteiger partial charge in [-0.25, -0.2) is 4.98 Å². The van der Waals surface area contributed by atoms with E-state index in [1.807, 2.05) is 14.0 Å². The Morgan fingerprint density at radius 1 is 1.24 bits per heavy atom. The van der Waals surface area contributed by atoms with Gasteiger partial charge in [0.15, 0.2) is 0 Å². The number of nitrogens with one attached hydrogen (secondary N) is 1. The maximum atomic E-state index is 4.51. The van der Waals surface area contributed by atoms with Crippen LogP contribution in [-0.2, 0) is 0 Å². The molecule has 0 radical (unpaired) electrons. The number of aryl methyl sites for hydroxylation is 1. The molecule has 2 heterocycles. The average Bonchev–Trinajstić information content (AvgIpc) is 2.38. The van der Waals surface area contributed by atoms with E-state index in [9.17, 15) is 0 Å². The van der Waals surface area contributed by atoms with Crippen LogP contribution in [0.4, 0.5) is 11.8 Å². The van der Waals surface area contributed by atoms with Gasteiger partial charge in [-0.3, -0.25) is 0 Å². The maximum Gasteiger partial charge on any atom is 0.224 e. The number of likely N-dealkylation sites (N-methyl/N-ethyl adjacent to an activating group) is 1. The molecule has 0 bridgehead atoms. The van der Waals surface area contributed by atoms with Crippen LogP contribution in [0.2, 0.25) is 0 Å². The molecule has 0 aliphatic carbocycles. The Kier molecular flexibility index (Phi) is 3.78. The third kappa shape index (κ3) is 2.85. The van der Waals surface area contributed by atoms with E-state index in [0.717, 1.165) is 44.2 Å². The van der Waals surface area contributed by atoms with E-state index < -0.39 is 0 Å². The molecule has 94 valence electrons. The molecule has 0 saturated carbocycles. The predicted molar refractivity (Wildman–Crippen MR) is 70.6 cm³/mol. The SMILES string of the molecule is CCN1CCN(c2cc(C)nc(NC)n2)CC1. The Balaban J connectivity index is 2.10. The van der Waals surface area contributed by atoms with E-state index in [-0.39, 0.29) is 0 Å². The highest BCUT2D eigenvalue weighted by Gasteiger charge is 2.17. The smallest absolute Gasteiger partial charge is 0.224 e. The highest BCUT2D eigenvalue weighted by Crippen LogP contribution is 2.16. The summed E-state index contributed by atoms with van der Waals surface area (Å²) >= 11 is 0. The Hall–Kier alpha value is -1.36. The van der Waals surface area contributed by atoms with Crippen molar-refractivity contribution < 1.29 is 0 Å². The number of aromatic nitrogens is 2. The summed E-state index contributed by atoms with van der Waals surface area (Å²) in [4.78, 5) is 13.6. The number of piperazine rings is 1. The quantitative estimate of drug-likeness (QED) is 0.845. The number of hydrogen-bond donors (Lipinski definition) is 1. The largest absolute Gasteiger partial charge is 0.357 e. The molecule has 2 rings (SSSR count). The Labute approximate surface area is 103 Å². The van der Waals surface area contributed by atoms with Gasteiger partial charge in [0.25, 0.3) is 0 Å². The lowest BCUT2D eigenvalue weighted by atomic mass is 10.3. The summed E-state index contributed by atoms with van der Waals surface area (Å²) in [7, 11) is 1.85. The van der Waals surface area contributed by atoms with Crippen LogP contribution in [0.25, 0.3) is 0 Å². The number of rotatable bonds is 3. The molecular weight excluding hydrogens is 214 g/mol. The van der Waals surface area contributed by atoms with Crippen LogP contribution in [0.3, 0.4) is 0 Å². The zero-order valence-corrected chi connectivity index (χ0v) is 10.9. The minimum Gasteiger partial charge on any atom is -0.357 e. The Morgan fingerprint density at radius 3 is 2.53 bits per heavy atom. The van der Waals surface area contributed by atoms with E-state index in [0.29, 0.717) is 5.95 Å². The van der Waals surface area contributed by atoms with E-state index in [1.165, 1.54) is 0 Å². The minimum atomic E-state index is 0.706. The van der Waals surface area contributed by atoms with Crippen molar-refractivity contribution in [3.05, 3.63) is 11.8 Å². The van der Waals surface area contributed by atoms with Crippen molar-refractivity contribution >= 4 is 11.8 Å². The van der Waals surface area contributed by atoms with Crippen LogP contribution in [0, 0.1) is 6.92 Å². The lowest BCUT2D eigenvalue weighted by molar-refractivity contribution is 0.270. The summed E-state index contributed by atoms with van der Waals surface area (Å²) in [6, 6.07) is 2.06. The molecule has 5 heteroatoms. The molecule has 1 aliphatic heterocycles. The molecule has 1 fully saturated rings. The van der Waals surface area contributed by atoms with Crippen LogP contribution in [0.15, 0.2) is 6.07 Å². The molecule has 0 unspecified atom stereocenters. The molecule has 17 heavy (non-hydrogen) atoms. The second kappa shape index (κ2) is 5.31. The molecule has 1 aliphatic rings. The number of anilines is 2. The molecule has 1 saturated heterocycles. The van der Waals surface area contributed by atoms with E-state index in [2.05, 4.69) is 38.1 Å². The van der Waals surface area contributed by atoms with Gasteiger partial charge in [0, 0.05) is 45.0 Å². The Bertz CT molecular complexity index is 371. The molecule has 0 atom stereocenters. The first-order valence-corrected chi connectivity index (χ1v) is 6.23. The summed E-state index contributed by atoms with van der Waals surface area (Å²) in [6.07, 6.45) is 0. The van der Waals surface area contributed by atoms with Crippen LogP contribution >= 0.6 is 0 Å². The van der Waals surface area contributed by atoms with Crippen molar-refractivity contribution in [2.75, 3.05) is 50.0 Å². The fourth-order valence-corrected chi connectivity index (χ4v) is 2.12. The van der Waals surface area contributed by atoms with Crippen molar-refractivity contribution in [3.8, 4) is 0 Å². The highest BCUT2D eigenvalue weighted by molar-refractivity contribution is 5.44. The predicted octanol–water partition coefficient (Wildman–Crippen LogP) is 0.969. The first kappa shape index (κ1) is 12.1. The van der Waals surface area contributed by atoms with Gasteiger partial charge < -0.3 is 15.1 Å². The summed E-state index contributed by atoms with van der Waals surface area (Å²) in [6.45, 7) is 9.69. The minimum absolute atomic E-state index is 0.706. The molecular formula is C12H21N5. The van der Waals surface area contributed by atoms with Gasteiger partial charge in [-0.2, -0.15) is 4.98 Å². The van der Waals surface area contributed by atoms with Crippen molar-refractivity contribution in [1.82, 2.24) is 14.9 Å². The summed E-state index contributed by atoms with van der Waals surface area (Å²) in [5.41, 5.74) is 1.01. The molecule has 0 amide bonds. The van der Waals surface area contributed by atoms with Crippen molar-refractivity contribution in [3.63, 3.8) is 0 Å². The third-order valence-electron chi connectivity index (χ3n) is 3.21. The highest BCUT2D eigenvalue weighted by atomic mass is 15.3. The van der Waals surface area contributed by atoms with Gasteiger partial charge in [-0.05, 0) is 13.5 Å². The monoisotopic (exact) mass is 235 g/mol. The van der Waals surface area contributed by atoms with Crippen molar-refractivity contribution in [2.24, 2.45) is 0 Å². The molecule has 1 aromatic heterocycles. The summed E-state index contributed by atoms with van der Waals surface area (Å²) in [5, 5.41) is 3.01. The van der Waals surface area contributed by atoms with Crippen LogP contribution in [0.5, 0.6) is 0 Å².